The molecule has 0 aliphatic rings. The van der Waals surface area contributed by atoms with Gasteiger partial charge in [-0.1, -0.05) is 30.3 Å². The Morgan fingerprint density at radius 2 is 1.94 bits per heavy atom. The summed E-state index contributed by atoms with van der Waals surface area (Å²) >= 11 is 0. The highest BCUT2D eigenvalue weighted by Gasteiger charge is 2.03. The summed E-state index contributed by atoms with van der Waals surface area (Å²) in [5, 5.41) is 4.22. The molecule has 2 rings (SSSR count). The van der Waals surface area contributed by atoms with Crippen molar-refractivity contribution in [2.75, 3.05) is 5.73 Å². The number of nitrogens with two attached hydrogens (primary N) is 1. The molecule has 0 bridgehead atoms. The molecule has 0 saturated heterocycles. The van der Waals surface area contributed by atoms with Crippen LogP contribution in [0.25, 0.3) is 0 Å². The van der Waals surface area contributed by atoms with Crippen LogP contribution in [0, 0.1) is 0 Å². The number of hydrogen-bond acceptors (Lipinski definition) is 3. The fourth-order valence-corrected chi connectivity index (χ4v) is 1.65. The number of nitrogen functional groups attached to an aromatic ring is 1. The molecule has 4 heteroatoms. The topological polar surface area (TPSA) is 56.7 Å². The molecule has 2 aromatic rings. The average molecular weight is 216 g/mol. The second-order valence-corrected chi connectivity index (χ2v) is 3.85. The number of rotatable bonds is 4. The van der Waals surface area contributed by atoms with Gasteiger partial charge >= 0.3 is 0 Å². The minimum Gasteiger partial charge on any atom is -0.368 e. The molecule has 0 radical (unpaired) electrons. The fraction of sp³-hybridized carbons (Fsp3) is 0.333. The van der Waals surface area contributed by atoms with Crippen molar-refractivity contribution in [1.29, 1.82) is 0 Å². The van der Waals surface area contributed by atoms with Gasteiger partial charge < -0.3 is 5.73 Å². The van der Waals surface area contributed by atoms with Crippen LogP contribution in [-0.2, 0) is 19.9 Å². The van der Waals surface area contributed by atoms with Crippen LogP contribution in [0.2, 0.25) is 0 Å². The molecule has 84 valence electrons. The van der Waals surface area contributed by atoms with Crippen LogP contribution in [0.4, 0.5) is 5.95 Å². The van der Waals surface area contributed by atoms with Gasteiger partial charge in [0.25, 0.3) is 0 Å². The molecular weight excluding hydrogens is 200 g/mol. The summed E-state index contributed by atoms with van der Waals surface area (Å²) in [4.78, 5) is 4.17. The molecule has 1 aromatic heterocycles. The van der Waals surface area contributed by atoms with Gasteiger partial charge in [0.2, 0.25) is 5.95 Å². The molecule has 0 amide bonds. The smallest absolute Gasteiger partial charge is 0.218 e. The highest BCUT2D eigenvalue weighted by atomic mass is 15.4. The van der Waals surface area contributed by atoms with Gasteiger partial charge in [-0.25, -0.2) is 4.68 Å². The largest absolute Gasteiger partial charge is 0.368 e. The van der Waals surface area contributed by atoms with E-state index < -0.39 is 0 Å². The summed E-state index contributed by atoms with van der Waals surface area (Å²) < 4.78 is 1.61. The molecule has 0 saturated carbocycles. The maximum atomic E-state index is 5.61. The van der Waals surface area contributed by atoms with E-state index in [1.54, 1.807) is 4.68 Å². The van der Waals surface area contributed by atoms with Gasteiger partial charge in [0, 0.05) is 13.5 Å². The molecule has 0 atom stereocenters. The first-order valence-corrected chi connectivity index (χ1v) is 5.45. The highest BCUT2D eigenvalue weighted by molar-refractivity contribution is 5.16. The van der Waals surface area contributed by atoms with Gasteiger partial charge in [-0.05, 0) is 18.4 Å². The Kier molecular flexibility index (Phi) is 3.19. The minimum atomic E-state index is 0.481. The lowest BCUT2D eigenvalue weighted by Crippen LogP contribution is -1.97. The Bertz CT molecular complexity index is 428. The molecule has 2 N–H and O–H groups in total. The van der Waals surface area contributed by atoms with E-state index in [4.69, 9.17) is 5.73 Å². The second kappa shape index (κ2) is 4.79. The third kappa shape index (κ3) is 2.59. The number of anilines is 1. The van der Waals surface area contributed by atoms with Gasteiger partial charge in [-0.15, -0.1) is 0 Å². The molecular formula is C12H16N4. The summed E-state index contributed by atoms with van der Waals surface area (Å²) in [7, 11) is 1.81. The van der Waals surface area contributed by atoms with Crippen molar-refractivity contribution in [3.05, 3.63) is 41.7 Å². The number of aryl methyl sites for hydroxylation is 3. The van der Waals surface area contributed by atoms with E-state index >= 15 is 0 Å². The van der Waals surface area contributed by atoms with E-state index in [0.717, 1.165) is 25.1 Å². The van der Waals surface area contributed by atoms with Crippen LogP contribution >= 0.6 is 0 Å². The number of aromatic nitrogens is 3. The van der Waals surface area contributed by atoms with Crippen molar-refractivity contribution >= 4 is 5.95 Å². The first-order valence-electron chi connectivity index (χ1n) is 5.45. The molecule has 0 aliphatic carbocycles. The predicted molar refractivity (Wildman–Crippen MR) is 63.9 cm³/mol. The SMILES string of the molecule is Cn1nc(CCCc2ccccc2)nc1N. The third-order valence-electron chi connectivity index (χ3n) is 2.55. The lowest BCUT2D eigenvalue weighted by atomic mass is 10.1. The first-order chi connectivity index (χ1) is 7.75. The third-order valence-corrected chi connectivity index (χ3v) is 2.55. The maximum Gasteiger partial charge on any atom is 0.218 e. The molecule has 1 aromatic carbocycles. The van der Waals surface area contributed by atoms with Crippen molar-refractivity contribution < 1.29 is 0 Å². The first kappa shape index (κ1) is 10.7. The quantitative estimate of drug-likeness (QED) is 0.844. The molecule has 0 aliphatic heterocycles. The second-order valence-electron chi connectivity index (χ2n) is 3.85. The average Bonchev–Trinajstić information content (AvgIpc) is 2.60. The summed E-state index contributed by atoms with van der Waals surface area (Å²) in [6.45, 7) is 0. The minimum absolute atomic E-state index is 0.481. The van der Waals surface area contributed by atoms with E-state index in [0.29, 0.717) is 5.95 Å². The van der Waals surface area contributed by atoms with Gasteiger partial charge in [0.1, 0.15) is 0 Å². The van der Waals surface area contributed by atoms with Crippen LogP contribution in [0.3, 0.4) is 0 Å². The van der Waals surface area contributed by atoms with Crippen LogP contribution < -0.4 is 5.73 Å². The zero-order valence-electron chi connectivity index (χ0n) is 9.43. The van der Waals surface area contributed by atoms with Crippen LogP contribution in [0.1, 0.15) is 17.8 Å². The molecule has 0 spiro atoms. The Balaban J connectivity index is 1.84. The van der Waals surface area contributed by atoms with Crippen LogP contribution in [-0.4, -0.2) is 14.8 Å². The molecule has 0 unspecified atom stereocenters. The van der Waals surface area contributed by atoms with Crippen molar-refractivity contribution in [3.8, 4) is 0 Å². The number of hydrogen-bond donors (Lipinski definition) is 1. The van der Waals surface area contributed by atoms with Gasteiger partial charge in [-0.3, -0.25) is 0 Å². The lowest BCUT2D eigenvalue weighted by molar-refractivity contribution is 0.721. The number of benzene rings is 1. The van der Waals surface area contributed by atoms with Crippen molar-refractivity contribution in [1.82, 2.24) is 14.8 Å². The summed E-state index contributed by atoms with van der Waals surface area (Å²) in [6, 6.07) is 10.4. The molecule has 16 heavy (non-hydrogen) atoms. The van der Waals surface area contributed by atoms with Crippen molar-refractivity contribution in [3.63, 3.8) is 0 Å². The summed E-state index contributed by atoms with van der Waals surface area (Å²) in [6.07, 6.45) is 2.98. The monoisotopic (exact) mass is 216 g/mol. The lowest BCUT2D eigenvalue weighted by Gasteiger charge is -1.98. The Hall–Kier alpha value is -1.84. The normalized spacial score (nSPS) is 10.6. The zero-order chi connectivity index (χ0) is 11.4. The maximum absolute atomic E-state index is 5.61. The summed E-state index contributed by atoms with van der Waals surface area (Å²) in [5.74, 6) is 1.31. The van der Waals surface area contributed by atoms with Crippen LogP contribution in [0.15, 0.2) is 30.3 Å². The van der Waals surface area contributed by atoms with E-state index in [-0.39, 0.29) is 0 Å². The van der Waals surface area contributed by atoms with E-state index in [2.05, 4.69) is 34.3 Å². The molecule has 4 nitrogen and oxygen atoms in total. The Morgan fingerprint density at radius 3 is 2.56 bits per heavy atom. The van der Waals surface area contributed by atoms with Gasteiger partial charge in [0.15, 0.2) is 5.82 Å². The predicted octanol–water partition coefficient (Wildman–Crippen LogP) is 1.57. The number of nitrogens with zero attached hydrogens (tertiary/aromatic N) is 3. The fourth-order valence-electron chi connectivity index (χ4n) is 1.65. The Morgan fingerprint density at radius 1 is 1.19 bits per heavy atom. The summed E-state index contributed by atoms with van der Waals surface area (Å²) in [5.41, 5.74) is 6.97. The van der Waals surface area contributed by atoms with E-state index in [1.807, 2.05) is 13.1 Å². The molecule has 1 heterocycles. The van der Waals surface area contributed by atoms with Gasteiger partial charge in [0.05, 0.1) is 0 Å². The Labute approximate surface area is 95.1 Å². The van der Waals surface area contributed by atoms with Crippen LogP contribution in [0.5, 0.6) is 0 Å². The van der Waals surface area contributed by atoms with Crippen molar-refractivity contribution in [2.45, 2.75) is 19.3 Å². The zero-order valence-corrected chi connectivity index (χ0v) is 9.43. The molecule has 0 fully saturated rings. The van der Waals surface area contributed by atoms with E-state index in [9.17, 15) is 0 Å². The van der Waals surface area contributed by atoms with Crippen molar-refractivity contribution in [2.24, 2.45) is 7.05 Å². The highest BCUT2D eigenvalue weighted by Crippen LogP contribution is 2.06. The standard InChI is InChI=1S/C12H16N4/c1-16-12(13)14-11(15-16)9-5-8-10-6-3-2-4-7-10/h2-4,6-7H,5,8-9H2,1H3,(H2,13,14,15). The van der Waals surface area contributed by atoms with Gasteiger partial charge in [-0.2, -0.15) is 10.1 Å². The van der Waals surface area contributed by atoms with E-state index in [1.165, 1.54) is 5.56 Å².